The first-order valence-electron chi connectivity index (χ1n) is 5.58. The second-order valence-corrected chi connectivity index (χ2v) is 4.06. The number of methoxy groups -OCH3 is 1. The number of anilines is 1. The topological polar surface area (TPSA) is 70.3 Å². The van der Waals surface area contributed by atoms with E-state index in [1.54, 1.807) is 0 Å². The fourth-order valence-electron chi connectivity index (χ4n) is 2.04. The largest absolute Gasteiger partial charge is 0.489 e. The van der Waals surface area contributed by atoms with Crippen molar-refractivity contribution in [2.45, 2.75) is 25.7 Å². The third-order valence-corrected chi connectivity index (χ3v) is 2.93. The van der Waals surface area contributed by atoms with E-state index in [1.165, 1.54) is 39.1 Å². The summed E-state index contributed by atoms with van der Waals surface area (Å²) in [6, 6.07) is 0. The first-order valence-corrected chi connectivity index (χ1v) is 5.58. The smallest absolute Gasteiger partial charge is 0.262 e. The summed E-state index contributed by atoms with van der Waals surface area (Å²) in [7, 11) is 1.54. The Balaban J connectivity index is 2.00. The molecule has 2 rings (SSSR count). The molecule has 88 valence electrons. The molecule has 1 fully saturated rings. The Morgan fingerprint density at radius 1 is 1.38 bits per heavy atom. The fourth-order valence-corrected chi connectivity index (χ4v) is 2.04. The van der Waals surface area contributed by atoms with Crippen LogP contribution in [-0.4, -0.2) is 23.7 Å². The van der Waals surface area contributed by atoms with Gasteiger partial charge < -0.3 is 15.2 Å². The van der Waals surface area contributed by atoms with Crippen LogP contribution in [0.4, 0.5) is 5.82 Å². The molecular formula is C11H17N3O2. The van der Waals surface area contributed by atoms with Crippen molar-refractivity contribution in [3.63, 3.8) is 0 Å². The van der Waals surface area contributed by atoms with E-state index in [4.69, 9.17) is 15.2 Å². The average Bonchev–Trinajstić information content (AvgIpc) is 2.79. The van der Waals surface area contributed by atoms with E-state index in [0.29, 0.717) is 30.0 Å². The Bertz CT molecular complexity index is 351. The monoisotopic (exact) mass is 223 g/mol. The highest BCUT2D eigenvalue weighted by Gasteiger charge is 2.18. The van der Waals surface area contributed by atoms with Crippen LogP contribution in [-0.2, 0) is 0 Å². The van der Waals surface area contributed by atoms with Crippen molar-refractivity contribution in [3.05, 3.63) is 6.33 Å². The molecule has 1 aromatic heterocycles. The number of aromatic nitrogens is 2. The van der Waals surface area contributed by atoms with Crippen molar-refractivity contribution in [1.29, 1.82) is 0 Å². The van der Waals surface area contributed by atoms with Crippen molar-refractivity contribution >= 4 is 5.82 Å². The summed E-state index contributed by atoms with van der Waals surface area (Å²) in [6.45, 7) is 0.687. The zero-order valence-electron chi connectivity index (χ0n) is 9.48. The fraction of sp³-hybridized carbons (Fsp3) is 0.636. The maximum absolute atomic E-state index is 5.66. The molecular weight excluding hydrogens is 206 g/mol. The van der Waals surface area contributed by atoms with Gasteiger partial charge in [0.2, 0.25) is 5.75 Å². The lowest BCUT2D eigenvalue weighted by molar-refractivity contribution is 0.231. The third kappa shape index (κ3) is 2.35. The molecule has 0 unspecified atom stereocenters. The van der Waals surface area contributed by atoms with Crippen LogP contribution in [0.15, 0.2) is 6.33 Å². The molecule has 1 saturated carbocycles. The van der Waals surface area contributed by atoms with Crippen LogP contribution in [0.3, 0.4) is 0 Å². The molecule has 5 nitrogen and oxygen atoms in total. The van der Waals surface area contributed by atoms with Gasteiger partial charge in [-0.25, -0.2) is 4.98 Å². The number of nitrogens with zero attached hydrogens (tertiary/aromatic N) is 2. The van der Waals surface area contributed by atoms with Gasteiger partial charge in [0.1, 0.15) is 6.33 Å². The third-order valence-electron chi connectivity index (χ3n) is 2.93. The SMILES string of the molecule is COc1c(N)ncnc1OCC1CCCC1. The minimum atomic E-state index is 0.318. The maximum atomic E-state index is 5.66. The predicted molar refractivity (Wildman–Crippen MR) is 60.4 cm³/mol. The summed E-state index contributed by atoms with van der Waals surface area (Å²) < 4.78 is 10.8. The van der Waals surface area contributed by atoms with Crippen LogP contribution < -0.4 is 15.2 Å². The summed E-state index contributed by atoms with van der Waals surface area (Å²) in [5, 5.41) is 0. The Labute approximate surface area is 95.0 Å². The maximum Gasteiger partial charge on any atom is 0.262 e. The van der Waals surface area contributed by atoms with E-state index >= 15 is 0 Å². The van der Waals surface area contributed by atoms with Gasteiger partial charge in [-0.3, -0.25) is 0 Å². The second kappa shape index (κ2) is 5.01. The number of rotatable bonds is 4. The lowest BCUT2D eigenvalue weighted by atomic mass is 10.1. The molecule has 0 spiro atoms. The molecule has 1 aliphatic rings. The molecule has 0 aliphatic heterocycles. The zero-order chi connectivity index (χ0) is 11.4. The molecule has 16 heavy (non-hydrogen) atoms. The molecule has 1 heterocycles. The Morgan fingerprint density at radius 2 is 2.12 bits per heavy atom. The second-order valence-electron chi connectivity index (χ2n) is 4.06. The summed E-state index contributed by atoms with van der Waals surface area (Å²) >= 11 is 0. The number of ether oxygens (including phenoxy) is 2. The number of nitrogens with two attached hydrogens (primary N) is 1. The Morgan fingerprint density at radius 3 is 2.81 bits per heavy atom. The van der Waals surface area contributed by atoms with Crippen LogP contribution in [0.1, 0.15) is 25.7 Å². The van der Waals surface area contributed by atoms with Crippen LogP contribution in [0.2, 0.25) is 0 Å². The lowest BCUT2D eigenvalue weighted by Crippen LogP contribution is -2.10. The van der Waals surface area contributed by atoms with Gasteiger partial charge in [-0.05, 0) is 18.8 Å². The van der Waals surface area contributed by atoms with E-state index in [0.717, 1.165) is 0 Å². The van der Waals surface area contributed by atoms with Gasteiger partial charge in [0.15, 0.2) is 5.82 Å². The average molecular weight is 223 g/mol. The van der Waals surface area contributed by atoms with Crippen molar-refractivity contribution in [1.82, 2.24) is 9.97 Å². The van der Waals surface area contributed by atoms with Gasteiger partial charge in [-0.2, -0.15) is 4.98 Å². The summed E-state index contributed by atoms with van der Waals surface area (Å²) in [5.74, 6) is 1.84. The molecule has 0 amide bonds. The highest BCUT2D eigenvalue weighted by molar-refractivity contribution is 5.51. The highest BCUT2D eigenvalue weighted by Crippen LogP contribution is 2.30. The molecule has 1 aromatic rings. The predicted octanol–water partition coefficient (Wildman–Crippen LogP) is 1.64. The van der Waals surface area contributed by atoms with Crippen molar-refractivity contribution < 1.29 is 9.47 Å². The van der Waals surface area contributed by atoms with Crippen molar-refractivity contribution in [2.24, 2.45) is 5.92 Å². The van der Waals surface area contributed by atoms with Crippen LogP contribution in [0.5, 0.6) is 11.6 Å². The van der Waals surface area contributed by atoms with Gasteiger partial charge in [-0.1, -0.05) is 12.8 Å². The van der Waals surface area contributed by atoms with Gasteiger partial charge in [-0.15, -0.1) is 0 Å². The van der Waals surface area contributed by atoms with Gasteiger partial charge in [0.05, 0.1) is 13.7 Å². The van der Waals surface area contributed by atoms with E-state index in [-0.39, 0.29) is 0 Å². The first kappa shape index (κ1) is 11.0. The van der Waals surface area contributed by atoms with E-state index in [9.17, 15) is 0 Å². The van der Waals surface area contributed by atoms with Gasteiger partial charge >= 0.3 is 0 Å². The minimum absolute atomic E-state index is 0.318. The molecule has 0 radical (unpaired) electrons. The molecule has 5 heteroatoms. The summed E-state index contributed by atoms with van der Waals surface area (Å²) in [4.78, 5) is 7.89. The number of hydrogen-bond donors (Lipinski definition) is 1. The number of nitrogen functional groups attached to an aromatic ring is 1. The normalized spacial score (nSPS) is 16.3. The first-order chi connectivity index (χ1) is 7.81. The molecule has 0 saturated heterocycles. The van der Waals surface area contributed by atoms with Gasteiger partial charge in [0, 0.05) is 0 Å². The molecule has 0 bridgehead atoms. The summed E-state index contributed by atoms with van der Waals surface area (Å²) in [6.07, 6.45) is 6.47. The highest BCUT2D eigenvalue weighted by atomic mass is 16.5. The van der Waals surface area contributed by atoms with E-state index < -0.39 is 0 Å². The number of hydrogen-bond acceptors (Lipinski definition) is 5. The molecule has 1 aliphatic carbocycles. The quantitative estimate of drug-likeness (QED) is 0.840. The summed E-state index contributed by atoms with van der Waals surface area (Å²) in [5.41, 5.74) is 5.66. The van der Waals surface area contributed by atoms with E-state index in [2.05, 4.69) is 9.97 Å². The van der Waals surface area contributed by atoms with Crippen molar-refractivity contribution in [3.8, 4) is 11.6 Å². The van der Waals surface area contributed by atoms with Crippen LogP contribution >= 0.6 is 0 Å². The molecule has 0 aromatic carbocycles. The zero-order valence-corrected chi connectivity index (χ0v) is 9.48. The van der Waals surface area contributed by atoms with Crippen LogP contribution in [0, 0.1) is 5.92 Å². The van der Waals surface area contributed by atoms with Gasteiger partial charge in [0.25, 0.3) is 5.88 Å². The Kier molecular flexibility index (Phi) is 3.44. The lowest BCUT2D eigenvalue weighted by Gasteiger charge is -2.13. The molecule has 0 atom stereocenters. The Hall–Kier alpha value is -1.52. The van der Waals surface area contributed by atoms with E-state index in [1.807, 2.05) is 0 Å². The minimum Gasteiger partial charge on any atom is -0.489 e. The standard InChI is InChI=1S/C11H17N3O2/c1-15-9-10(12)13-7-14-11(9)16-6-8-4-2-3-5-8/h7-8H,2-6H2,1H3,(H2,12,13,14). The molecule has 2 N–H and O–H groups in total. The van der Waals surface area contributed by atoms with Crippen LogP contribution in [0.25, 0.3) is 0 Å². The van der Waals surface area contributed by atoms with Crippen molar-refractivity contribution in [2.75, 3.05) is 19.5 Å².